The van der Waals surface area contributed by atoms with Crippen molar-refractivity contribution >= 4 is 15.7 Å². The van der Waals surface area contributed by atoms with Gasteiger partial charge in [0.2, 0.25) is 0 Å². The van der Waals surface area contributed by atoms with Gasteiger partial charge in [-0.05, 0) is 18.9 Å². The van der Waals surface area contributed by atoms with Crippen LogP contribution in [0.1, 0.15) is 13.3 Å². The van der Waals surface area contributed by atoms with Gasteiger partial charge in [-0.15, -0.1) is 0 Å². The molecular weight excluding hydrogens is 382 g/mol. The maximum Gasteiger partial charge on any atom is 0.287 e. The van der Waals surface area contributed by atoms with Crippen LogP contribution in [0.25, 0.3) is 11.1 Å². The second-order valence-electron chi connectivity index (χ2n) is 6.22. The minimum Gasteiger partial charge on any atom is -0.310 e. The Hall–Kier alpha value is -2.59. The standard InChI is InChI=1S/C17H18F2N2O5S/c1-17(16(23)20-24,27(2,25)26)8-9-21-10-12(18)13(14(19)15(21)22)11-6-4-3-5-7-11/h3-7,10,24H,8-9H2,1-2H3,(H,20,23)/t17-/m1/s1. The molecule has 1 atom stereocenters. The maximum absolute atomic E-state index is 14.5. The van der Waals surface area contributed by atoms with Gasteiger partial charge in [0.1, 0.15) is 5.82 Å². The molecule has 0 unspecified atom stereocenters. The first kappa shape index (κ1) is 20.7. The lowest BCUT2D eigenvalue weighted by Gasteiger charge is -2.25. The molecule has 2 rings (SSSR count). The predicted molar refractivity (Wildman–Crippen MR) is 93.8 cm³/mol. The second-order valence-corrected chi connectivity index (χ2v) is 8.67. The third-order valence-electron chi connectivity index (χ3n) is 4.47. The first-order chi connectivity index (χ1) is 12.5. The summed E-state index contributed by atoms with van der Waals surface area (Å²) in [6.45, 7) is 0.586. The number of aryl methyl sites for hydroxylation is 1. The number of nitrogens with zero attached hydrogens (tertiary/aromatic N) is 1. The highest BCUT2D eigenvalue weighted by molar-refractivity contribution is 7.92. The Kier molecular flexibility index (Phi) is 5.81. The highest BCUT2D eigenvalue weighted by atomic mass is 32.2. The molecular formula is C17H18F2N2O5S. The molecule has 0 saturated carbocycles. The monoisotopic (exact) mass is 400 g/mol. The van der Waals surface area contributed by atoms with E-state index in [2.05, 4.69) is 0 Å². The molecule has 0 bridgehead atoms. The molecule has 2 N–H and O–H groups in total. The van der Waals surface area contributed by atoms with Gasteiger partial charge in [-0.3, -0.25) is 14.8 Å². The van der Waals surface area contributed by atoms with Crippen molar-refractivity contribution in [2.75, 3.05) is 6.26 Å². The lowest BCUT2D eigenvalue weighted by atomic mass is 10.0. The third kappa shape index (κ3) is 3.91. The van der Waals surface area contributed by atoms with Crippen molar-refractivity contribution in [3.63, 3.8) is 0 Å². The molecule has 10 heteroatoms. The van der Waals surface area contributed by atoms with Gasteiger partial charge < -0.3 is 4.57 Å². The zero-order valence-corrected chi connectivity index (χ0v) is 15.4. The van der Waals surface area contributed by atoms with Crippen molar-refractivity contribution in [3.05, 3.63) is 58.5 Å². The molecule has 0 aliphatic heterocycles. The minimum atomic E-state index is -4.01. The lowest BCUT2D eigenvalue weighted by Crippen LogP contribution is -2.50. The van der Waals surface area contributed by atoms with Gasteiger partial charge in [0.05, 0.1) is 5.56 Å². The number of halogens is 2. The molecule has 0 radical (unpaired) electrons. The third-order valence-corrected chi connectivity index (χ3v) is 6.49. The number of hydrogen-bond donors (Lipinski definition) is 2. The second kappa shape index (κ2) is 7.57. The van der Waals surface area contributed by atoms with Gasteiger partial charge in [-0.1, -0.05) is 30.3 Å². The van der Waals surface area contributed by atoms with Gasteiger partial charge in [-0.25, -0.2) is 22.7 Å². The molecule has 27 heavy (non-hydrogen) atoms. The minimum absolute atomic E-state index is 0.178. The number of hydrogen-bond acceptors (Lipinski definition) is 5. The van der Waals surface area contributed by atoms with Crippen molar-refractivity contribution in [1.29, 1.82) is 0 Å². The van der Waals surface area contributed by atoms with Crippen molar-refractivity contribution in [2.45, 2.75) is 24.6 Å². The fraction of sp³-hybridized carbons (Fsp3) is 0.294. The van der Waals surface area contributed by atoms with Gasteiger partial charge in [0.25, 0.3) is 11.5 Å². The van der Waals surface area contributed by atoms with E-state index in [-0.39, 0.29) is 5.56 Å². The van der Waals surface area contributed by atoms with Gasteiger partial charge in [-0.2, -0.15) is 0 Å². The summed E-state index contributed by atoms with van der Waals surface area (Å²) >= 11 is 0. The number of carbonyl (C=O) groups is 1. The smallest absolute Gasteiger partial charge is 0.287 e. The number of rotatable bonds is 6. The van der Waals surface area contributed by atoms with Gasteiger partial charge in [0, 0.05) is 19.0 Å². The quantitative estimate of drug-likeness (QED) is 0.565. The fourth-order valence-electron chi connectivity index (χ4n) is 2.55. The molecule has 1 heterocycles. The molecule has 0 spiro atoms. The normalized spacial score (nSPS) is 13.8. The van der Waals surface area contributed by atoms with Crippen LogP contribution in [-0.2, 0) is 21.2 Å². The van der Waals surface area contributed by atoms with E-state index >= 15 is 0 Å². The molecule has 0 fully saturated rings. The molecule has 146 valence electrons. The van der Waals surface area contributed by atoms with Crippen LogP contribution in [0.15, 0.2) is 41.3 Å². The highest BCUT2D eigenvalue weighted by Gasteiger charge is 2.43. The Morgan fingerprint density at radius 1 is 1.26 bits per heavy atom. The average molecular weight is 400 g/mol. The Bertz CT molecular complexity index is 1020. The number of aromatic nitrogens is 1. The number of carbonyl (C=O) groups excluding carboxylic acids is 1. The van der Waals surface area contributed by atoms with E-state index in [1.165, 1.54) is 17.6 Å². The van der Waals surface area contributed by atoms with Crippen molar-refractivity contribution < 1.29 is 27.2 Å². The SMILES string of the molecule is C[C@@](CCn1cc(F)c(-c2ccccc2)c(F)c1=O)(C(=O)NO)S(C)(=O)=O. The number of sulfone groups is 1. The van der Waals surface area contributed by atoms with E-state index in [0.717, 1.165) is 19.4 Å². The van der Waals surface area contributed by atoms with Crippen molar-refractivity contribution in [2.24, 2.45) is 0 Å². The number of pyridine rings is 1. The Morgan fingerprint density at radius 2 is 1.85 bits per heavy atom. The van der Waals surface area contributed by atoms with Crippen LogP contribution in [0.4, 0.5) is 8.78 Å². The van der Waals surface area contributed by atoms with E-state index in [1.807, 2.05) is 0 Å². The predicted octanol–water partition coefficient (Wildman–Crippen LogP) is 1.49. The molecule has 1 aromatic heterocycles. The van der Waals surface area contributed by atoms with Crippen molar-refractivity contribution in [1.82, 2.24) is 10.0 Å². The van der Waals surface area contributed by atoms with Crippen LogP contribution in [0.2, 0.25) is 0 Å². The lowest BCUT2D eigenvalue weighted by molar-refractivity contribution is -0.131. The van der Waals surface area contributed by atoms with E-state index in [4.69, 9.17) is 5.21 Å². The van der Waals surface area contributed by atoms with Crippen LogP contribution in [0.5, 0.6) is 0 Å². The van der Waals surface area contributed by atoms with Gasteiger partial charge in [0.15, 0.2) is 20.4 Å². The van der Waals surface area contributed by atoms with Crippen molar-refractivity contribution in [3.8, 4) is 11.1 Å². The summed E-state index contributed by atoms with van der Waals surface area (Å²) < 4.78 is 51.3. The Morgan fingerprint density at radius 3 is 2.37 bits per heavy atom. The summed E-state index contributed by atoms with van der Waals surface area (Å²) in [6.07, 6.45) is 1.06. The molecule has 0 saturated heterocycles. The molecule has 1 aromatic carbocycles. The topological polar surface area (TPSA) is 105 Å². The number of nitrogens with one attached hydrogen (secondary N) is 1. The molecule has 1 amide bonds. The largest absolute Gasteiger partial charge is 0.310 e. The van der Waals surface area contributed by atoms with Crippen LogP contribution in [0, 0.1) is 11.6 Å². The average Bonchev–Trinajstić information content (AvgIpc) is 2.62. The summed E-state index contributed by atoms with van der Waals surface area (Å²) in [5.74, 6) is -3.54. The number of benzene rings is 1. The Labute approximate surface area is 154 Å². The molecule has 2 aromatic rings. The summed E-state index contributed by atoms with van der Waals surface area (Å²) in [4.78, 5) is 24.0. The van der Waals surface area contributed by atoms with E-state index in [9.17, 15) is 26.8 Å². The van der Waals surface area contributed by atoms with E-state index < -0.39 is 56.2 Å². The molecule has 0 aliphatic carbocycles. The van der Waals surface area contributed by atoms with Gasteiger partial charge >= 0.3 is 0 Å². The van der Waals surface area contributed by atoms with E-state index in [0.29, 0.717) is 4.57 Å². The fourth-order valence-corrected chi connectivity index (χ4v) is 3.40. The highest BCUT2D eigenvalue weighted by Crippen LogP contribution is 2.25. The summed E-state index contributed by atoms with van der Waals surface area (Å²) in [7, 11) is -4.01. The first-order valence-electron chi connectivity index (χ1n) is 7.81. The molecule has 7 nitrogen and oxygen atoms in total. The zero-order valence-electron chi connectivity index (χ0n) is 14.6. The Balaban J connectivity index is 2.44. The maximum atomic E-state index is 14.5. The first-order valence-corrected chi connectivity index (χ1v) is 9.70. The number of hydroxylamine groups is 1. The van der Waals surface area contributed by atoms with E-state index in [1.54, 1.807) is 18.2 Å². The summed E-state index contributed by atoms with van der Waals surface area (Å²) in [5, 5.41) is 8.78. The molecule has 0 aliphatic rings. The van der Waals surface area contributed by atoms with Crippen LogP contribution in [0.3, 0.4) is 0 Å². The van der Waals surface area contributed by atoms with Crippen LogP contribution < -0.4 is 11.0 Å². The number of amides is 1. The van der Waals surface area contributed by atoms with Crippen LogP contribution >= 0.6 is 0 Å². The summed E-state index contributed by atoms with van der Waals surface area (Å²) in [5.41, 5.74) is -0.206. The zero-order chi connectivity index (χ0) is 20.4. The summed E-state index contributed by atoms with van der Waals surface area (Å²) in [6, 6.07) is 7.66. The van der Waals surface area contributed by atoms with Crippen LogP contribution in [-0.4, -0.2) is 35.1 Å².